The normalized spacial score (nSPS) is 9.08. The molecular formula is C10H21BrZn. The molecule has 0 saturated heterocycles. The van der Waals surface area contributed by atoms with Gasteiger partial charge in [-0.15, -0.1) is 0 Å². The van der Waals surface area contributed by atoms with E-state index in [1.165, 1.54) is 61.3 Å². The predicted octanol–water partition coefficient (Wildman–Crippen LogP) is 4.80. The Morgan fingerprint density at radius 1 is 1.00 bits per heavy atom. The van der Waals surface area contributed by atoms with Crippen molar-refractivity contribution in [2.24, 2.45) is 0 Å². The molecule has 0 unspecified atom stereocenters. The van der Waals surface area contributed by atoms with Crippen molar-refractivity contribution in [3.8, 4) is 0 Å². The fourth-order valence-electron chi connectivity index (χ4n) is 1.13. The van der Waals surface area contributed by atoms with E-state index in [2.05, 4.69) is 33.9 Å². The van der Waals surface area contributed by atoms with E-state index in [0.717, 1.165) is 0 Å². The van der Waals surface area contributed by atoms with Gasteiger partial charge in [0.25, 0.3) is 0 Å². The summed E-state index contributed by atoms with van der Waals surface area (Å²) in [5, 5.41) is 0. The summed E-state index contributed by atoms with van der Waals surface area (Å²) >= 11 is 4.25. The second kappa shape index (κ2) is 18.0. The first-order valence-electron chi connectivity index (χ1n) is 4.96. The molecule has 0 N–H and O–H groups in total. The van der Waals surface area contributed by atoms with E-state index in [-0.39, 0.29) is 0 Å². The van der Waals surface area contributed by atoms with Gasteiger partial charge in [0.1, 0.15) is 0 Å². The molecular weight excluding hydrogens is 265 g/mol. The Kier molecular flexibility index (Phi) is 23.4. The molecule has 0 aliphatic carbocycles. The molecule has 0 aliphatic heterocycles. The molecule has 0 aliphatic rings. The van der Waals surface area contributed by atoms with Crippen LogP contribution in [0.25, 0.3) is 0 Å². The van der Waals surface area contributed by atoms with E-state index in [1.54, 1.807) is 0 Å². The van der Waals surface area contributed by atoms with Crippen LogP contribution in [-0.4, -0.2) is 0 Å². The van der Waals surface area contributed by atoms with E-state index in [9.17, 15) is 0 Å². The Morgan fingerprint density at radius 2 is 1.50 bits per heavy atom. The van der Waals surface area contributed by atoms with Crippen LogP contribution in [0.2, 0.25) is 0 Å². The molecule has 0 atom stereocenters. The summed E-state index contributed by atoms with van der Waals surface area (Å²) in [5.74, 6) is 0. The van der Waals surface area contributed by atoms with Gasteiger partial charge in [-0.25, -0.2) is 0 Å². The van der Waals surface area contributed by atoms with E-state index in [1.807, 2.05) is 0 Å². The quantitative estimate of drug-likeness (QED) is 0.358. The van der Waals surface area contributed by atoms with E-state index in [4.69, 9.17) is 0 Å². The van der Waals surface area contributed by atoms with Crippen LogP contribution in [-0.2, 0) is 16.3 Å². The molecule has 0 heterocycles. The summed E-state index contributed by atoms with van der Waals surface area (Å²) in [6.07, 6.45) is 12.1. The van der Waals surface area contributed by atoms with Crippen LogP contribution in [0.3, 0.4) is 0 Å². The van der Waals surface area contributed by atoms with Gasteiger partial charge in [-0.05, 0) is 0 Å². The Bertz CT molecular complexity index is 49.8. The van der Waals surface area contributed by atoms with Crippen molar-refractivity contribution in [1.82, 2.24) is 0 Å². The van der Waals surface area contributed by atoms with Gasteiger partial charge in [0.2, 0.25) is 0 Å². The fourth-order valence-corrected chi connectivity index (χ4v) is 1.13. The second-order valence-electron chi connectivity index (χ2n) is 2.96. The molecule has 0 saturated carbocycles. The van der Waals surface area contributed by atoms with Crippen molar-refractivity contribution >= 4 is 13.6 Å². The molecule has 0 aromatic heterocycles. The first-order chi connectivity index (χ1) is 5.91. The summed E-state index contributed by atoms with van der Waals surface area (Å²) in [6.45, 7) is 4.41. The van der Waals surface area contributed by atoms with Crippen molar-refractivity contribution in [2.45, 2.75) is 58.8 Å². The molecule has 12 heavy (non-hydrogen) atoms. The first-order valence-corrected chi connectivity index (χ1v) is 11.9. The molecule has 0 rings (SSSR count). The third-order valence-electron chi connectivity index (χ3n) is 1.85. The van der Waals surface area contributed by atoms with Crippen LogP contribution < -0.4 is 0 Å². The number of unbranched alkanes of at least 4 members (excludes halogenated alkanes) is 7. The Labute approximate surface area is 94.9 Å². The third-order valence-corrected chi connectivity index (χ3v) is 1.85. The van der Waals surface area contributed by atoms with Gasteiger partial charge < -0.3 is 6.42 Å². The van der Waals surface area contributed by atoms with Crippen LogP contribution in [0.5, 0.6) is 0 Å². The van der Waals surface area contributed by atoms with Gasteiger partial charge in [-0.1, -0.05) is 45.4 Å². The maximum atomic E-state index is 3.06. The van der Waals surface area contributed by atoms with Crippen molar-refractivity contribution in [1.29, 1.82) is 0 Å². The standard InChI is InChI=1S/C10H21.BrH.Zn/c1-3-5-7-9-10-8-6-4-2;;/h3H,4-10H2,1-2H3;1H;/q-1;;+2/p-1. The second-order valence-corrected chi connectivity index (χ2v) is 2.96. The van der Waals surface area contributed by atoms with Gasteiger partial charge in [0.05, 0.1) is 0 Å². The summed E-state index contributed by atoms with van der Waals surface area (Å²) in [4.78, 5) is 0. The zero-order chi connectivity index (χ0) is 9.66. The van der Waals surface area contributed by atoms with Crippen molar-refractivity contribution in [3.63, 3.8) is 0 Å². The zero-order valence-corrected chi connectivity index (χ0v) is 13.2. The van der Waals surface area contributed by atoms with E-state index < -0.39 is 0 Å². The topological polar surface area (TPSA) is 0 Å². The van der Waals surface area contributed by atoms with Crippen LogP contribution in [0.15, 0.2) is 0 Å². The summed E-state index contributed by atoms with van der Waals surface area (Å²) in [5.41, 5.74) is 0. The fraction of sp³-hybridized carbons (Fsp3) is 0.900. The Balaban J connectivity index is 0. The third kappa shape index (κ3) is 17.3. The van der Waals surface area contributed by atoms with Crippen molar-refractivity contribution in [2.75, 3.05) is 0 Å². The minimum atomic E-state index is 1.19. The van der Waals surface area contributed by atoms with Crippen LogP contribution >= 0.6 is 13.6 Å². The SMILES string of the molecule is C[CH-]CCCCCCCC.[Zn+][Br]. The van der Waals surface area contributed by atoms with E-state index in [0.29, 0.717) is 0 Å². The summed E-state index contributed by atoms with van der Waals surface area (Å²) < 4.78 is 0. The van der Waals surface area contributed by atoms with Crippen LogP contribution in [0.1, 0.15) is 58.8 Å². The van der Waals surface area contributed by atoms with Crippen LogP contribution in [0, 0.1) is 6.42 Å². The van der Waals surface area contributed by atoms with Crippen molar-refractivity contribution in [3.05, 3.63) is 6.42 Å². The van der Waals surface area contributed by atoms with Crippen molar-refractivity contribution < 1.29 is 16.3 Å². The summed E-state index contributed by atoms with van der Waals surface area (Å²) in [6, 6.07) is 0. The first kappa shape index (κ1) is 15.6. The minimum absolute atomic E-state index is 1.19. The van der Waals surface area contributed by atoms with Crippen LogP contribution in [0.4, 0.5) is 0 Å². The number of rotatable bonds is 7. The van der Waals surface area contributed by atoms with Gasteiger partial charge >= 0.3 is 30.0 Å². The molecule has 0 aromatic carbocycles. The van der Waals surface area contributed by atoms with Gasteiger partial charge in [0.15, 0.2) is 0 Å². The van der Waals surface area contributed by atoms with Gasteiger partial charge in [-0.3, -0.25) is 0 Å². The average Bonchev–Trinajstić information content (AvgIpc) is 2.15. The number of halogens is 1. The number of hydrogen-bond acceptors (Lipinski definition) is 0. The molecule has 0 aromatic rings. The molecule has 0 amide bonds. The van der Waals surface area contributed by atoms with Gasteiger partial charge in [-0.2, -0.15) is 13.3 Å². The molecule has 0 fully saturated rings. The monoisotopic (exact) mass is 284 g/mol. The zero-order valence-electron chi connectivity index (χ0n) is 8.61. The molecule has 0 radical (unpaired) electrons. The molecule has 0 nitrogen and oxygen atoms in total. The summed E-state index contributed by atoms with van der Waals surface area (Å²) in [7, 11) is 0. The number of hydrogen-bond donors (Lipinski definition) is 0. The Morgan fingerprint density at radius 3 is 2.00 bits per heavy atom. The average molecular weight is 287 g/mol. The molecule has 0 spiro atoms. The maximum absolute atomic E-state index is 3.06. The van der Waals surface area contributed by atoms with Gasteiger partial charge in [0, 0.05) is 0 Å². The van der Waals surface area contributed by atoms with E-state index >= 15 is 0 Å². The Hall–Kier alpha value is 1.10. The predicted molar refractivity (Wildman–Crippen MR) is 56.9 cm³/mol. The molecule has 0 bridgehead atoms. The molecule has 70 valence electrons. The molecule has 2 heteroatoms.